The summed E-state index contributed by atoms with van der Waals surface area (Å²) in [7, 11) is 0. The number of nitrogen functional groups attached to an aromatic ring is 1. The molecule has 0 atom stereocenters. The van der Waals surface area contributed by atoms with Crippen molar-refractivity contribution in [2.45, 2.75) is 19.3 Å². The molecule has 1 heterocycles. The Labute approximate surface area is 178 Å². The Hall–Kier alpha value is -3.47. The van der Waals surface area contributed by atoms with Gasteiger partial charge >= 0.3 is 6.18 Å². The van der Waals surface area contributed by atoms with Crippen molar-refractivity contribution in [2.24, 2.45) is 0 Å². The van der Waals surface area contributed by atoms with Crippen LogP contribution in [0.3, 0.4) is 0 Å². The molecular weight excluding hydrogens is 436 g/mol. The van der Waals surface area contributed by atoms with Crippen LogP contribution in [-0.2, 0) is 19.3 Å². The highest BCUT2D eigenvalue weighted by Crippen LogP contribution is 2.29. The lowest BCUT2D eigenvalue weighted by atomic mass is 10.1. The van der Waals surface area contributed by atoms with Crippen LogP contribution >= 0.6 is 11.5 Å². The molecule has 2 amide bonds. The van der Waals surface area contributed by atoms with Crippen LogP contribution in [0.2, 0.25) is 0 Å². The summed E-state index contributed by atoms with van der Waals surface area (Å²) in [6.45, 7) is 0.0892. The Morgan fingerprint density at radius 2 is 1.42 bits per heavy atom. The first-order valence-corrected chi connectivity index (χ1v) is 9.64. The third kappa shape index (κ3) is 5.57. The lowest BCUT2D eigenvalue weighted by Crippen LogP contribution is -2.25. The zero-order valence-corrected chi connectivity index (χ0v) is 16.6. The van der Waals surface area contributed by atoms with Crippen molar-refractivity contribution in [1.29, 1.82) is 0 Å². The van der Waals surface area contributed by atoms with E-state index in [1.807, 2.05) is 0 Å². The fraction of sp³-hybridized carbons (Fsp3) is 0.150. The van der Waals surface area contributed by atoms with E-state index in [2.05, 4.69) is 15.0 Å². The molecular formula is C20H16F4N4O2S. The molecule has 0 radical (unpaired) electrons. The summed E-state index contributed by atoms with van der Waals surface area (Å²) in [5.74, 6) is -1.60. The molecule has 0 saturated heterocycles. The molecule has 0 aliphatic heterocycles. The Morgan fingerprint density at radius 1 is 0.903 bits per heavy atom. The lowest BCUT2D eigenvalue weighted by molar-refractivity contribution is -0.137. The first kappa shape index (κ1) is 22.2. The van der Waals surface area contributed by atoms with E-state index in [1.54, 1.807) is 0 Å². The quantitative estimate of drug-likeness (QED) is 0.497. The lowest BCUT2D eigenvalue weighted by Gasteiger charge is -2.08. The molecule has 0 fully saturated rings. The van der Waals surface area contributed by atoms with E-state index in [9.17, 15) is 27.2 Å². The van der Waals surface area contributed by atoms with Gasteiger partial charge in [-0.15, -0.1) is 0 Å². The predicted molar refractivity (Wildman–Crippen MR) is 107 cm³/mol. The van der Waals surface area contributed by atoms with Gasteiger partial charge in [-0.05, 0) is 46.9 Å². The van der Waals surface area contributed by atoms with Crippen LogP contribution < -0.4 is 16.4 Å². The molecule has 0 spiro atoms. The minimum atomic E-state index is -4.44. The monoisotopic (exact) mass is 452 g/mol. The first-order valence-electron chi connectivity index (χ1n) is 8.87. The maximum absolute atomic E-state index is 12.9. The number of nitrogens with one attached hydrogen (secondary N) is 2. The Bertz CT molecular complexity index is 1080. The largest absolute Gasteiger partial charge is 0.416 e. The molecule has 0 saturated carbocycles. The zero-order chi connectivity index (χ0) is 22.6. The molecule has 0 aliphatic carbocycles. The van der Waals surface area contributed by atoms with E-state index in [0.29, 0.717) is 11.1 Å². The molecule has 11 heteroatoms. The van der Waals surface area contributed by atoms with Crippen molar-refractivity contribution in [3.63, 3.8) is 0 Å². The molecule has 162 valence electrons. The van der Waals surface area contributed by atoms with Gasteiger partial charge < -0.3 is 16.4 Å². The fourth-order valence-corrected chi connectivity index (χ4v) is 3.28. The van der Waals surface area contributed by atoms with Crippen LogP contribution in [0, 0.1) is 5.82 Å². The number of amides is 2. The summed E-state index contributed by atoms with van der Waals surface area (Å²) in [5.41, 5.74) is 6.00. The minimum absolute atomic E-state index is 0.0128. The van der Waals surface area contributed by atoms with Gasteiger partial charge in [0.05, 0.1) is 11.3 Å². The highest BCUT2D eigenvalue weighted by atomic mass is 32.1. The van der Waals surface area contributed by atoms with Crippen molar-refractivity contribution in [1.82, 2.24) is 15.0 Å². The number of rotatable bonds is 6. The van der Waals surface area contributed by atoms with Gasteiger partial charge in [-0.3, -0.25) is 9.59 Å². The fourth-order valence-electron chi connectivity index (χ4n) is 2.57. The highest BCUT2D eigenvalue weighted by molar-refractivity contribution is 7.09. The number of anilines is 1. The standard InChI is InChI=1S/C20H16F4N4O2S/c21-14-7-3-12(4-8-14)9-26-18(29)16-15(25)17(31-28-16)19(30)27-10-11-1-5-13(6-2-11)20(22,23)24/h1-8H,9-10,25H2,(H,26,29)(H,27,30). The summed E-state index contributed by atoms with van der Waals surface area (Å²) >= 11 is 0.731. The van der Waals surface area contributed by atoms with E-state index in [1.165, 1.54) is 36.4 Å². The van der Waals surface area contributed by atoms with Crippen molar-refractivity contribution >= 4 is 29.0 Å². The minimum Gasteiger partial charge on any atom is -0.395 e. The number of nitrogens with zero attached hydrogens (tertiary/aromatic N) is 1. The third-order valence-corrected chi connectivity index (χ3v) is 5.11. The van der Waals surface area contributed by atoms with E-state index < -0.39 is 29.4 Å². The molecule has 6 nitrogen and oxygen atoms in total. The van der Waals surface area contributed by atoms with Gasteiger partial charge in [0.1, 0.15) is 10.7 Å². The van der Waals surface area contributed by atoms with Crippen molar-refractivity contribution < 1.29 is 27.2 Å². The van der Waals surface area contributed by atoms with Gasteiger partial charge in [-0.2, -0.15) is 17.5 Å². The van der Waals surface area contributed by atoms with Gasteiger partial charge in [0.25, 0.3) is 11.8 Å². The summed E-state index contributed by atoms with van der Waals surface area (Å²) in [5, 5.41) is 5.11. The Kier molecular flexibility index (Phi) is 6.54. The molecule has 3 rings (SSSR count). The van der Waals surface area contributed by atoms with Crippen molar-refractivity contribution in [2.75, 3.05) is 5.73 Å². The van der Waals surface area contributed by atoms with Gasteiger partial charge in [0.15, 0.2) is 5.69 Å². The number of alkyl halides is 3. The van der Waals surface area contributed by atoms with Gasteiger partial charge in [-0.25, -0.2) is 4.39 Å². The molecule has 1 aromatic heterocycles. The van der Waals surface area contributed by atoms with Crippen LogP contribution in [-0.4, -0.2) is 16.2 Å². The number of carbonyl (C=O) groups excluding carboxylic acids is 2. The molecule has 3 aromatic rings. The second-order valence-corrected chi connectivity index (χ2v) is 7.23. The maximum Gasteiger partial charge on any atom is 0.416 e. The number of hydrogen-bond acceptors (Lipinski definition) is 5. The van der Waals surface area contributed by atoms with E-state index in [0.717, 1.165) is 23.7 Å². The average Bonchev–Trinajstić information content (AvgIpc) is 3.12. The number of hydrogen-bond donors (Lipinski definition) is 3. The van der Waals surface area contributed by atoms with Crippen molar-refractivity contribution in [3.05, 3.63) is 81.6 Å². The van der Waals surface area contributed by atoms with Crippen LogP contribution in [0.4, 0.5) is 23.2 Å². The SMILES string of the molecule is Nc1c(C(=O)NCc2ccc(F)cc2)nsc1C(=O)NCc1ccc(C(F)(F)F)cc1. The van der Waals surface area contributed by atoms with Gasteiger partial charge in [0, 0.05) is 13.1 Å². The molecule has 0 aliphatic rings. The predicted octanol–water partition coefficient (Wildman–Crippen LogP) is 3.74. The number of aromatic nitrogens is 1. The normalized spacial score (nSPS) is 11.2. The van der Waals surface area contributed by atoms with E-state index in [4.69, 9.17) is 5.73 Å². The summed E-state index contributed by atoms with van der Waals surface area (Å²) in [4.78, 5) is 24.6. The van der Waals surface area contributed by atoms with E-state index >= 15 is 0 Å². The third-order valence-electron chi connectivity index (χ3n) is 4.25. The molecule has 0 bridgehead atoms. The van der Waals surface area contributed by atoms with Gasteiger partial charge in [0.2, 0.25) is 0 Å². The Balaban J connectivity index is 1.58. The number of nitrogens with two attached hydrogens (primary N) is 1. The molecule has 2 aromatic carbocycles. The molecule has 0 unspecified atom stereocenters. The first-order chi connectivity index (χ1) is 14.6. The van der Waals surface area contributed by atoms with Crippen LogP contribution in [0.15, 0.2) is 48.5 Å². The van der Waals surface area contributed by atoms with Crippen LogP contribution in [0.25, 0.3) is 0 Å². The number of halogens is 4. The second kappa shape index (κ2) is 9.13. The summed E-state index contributed by atoms with van der Waals surface area (Å²) in [6, 6.07) is 9.91. The topological polar surface area (TPSA) is 97.1 Å². The smallest absolute Gasteiger partial charge is 0.395 e. The number of carbonyl (C=O) groups is 2. The Morgan fingerprint density at radius 3 is 1.97 bits per heavy atom. The van der Waals surface area contributed by atoms with E-state index in [-0.39, 0.29) is 29.3 Å². The van der Waals surface area contributed by atoms with Crippen molar-refractivity contribution in [3.8, 4) is 0 Å². The summed E-state index contributed by atoms with van der Waals surface area (Å²) < 4.78 is 54.6. The second-order valence-electron chi connectivity index (χ2n) is 6.46. The van der Waals surface area contributed by atoms with Crippen LogP contribution in [0.1, 0.15) is 36.9 Å². The summed E-state index contributed by atoms with van der Waals surface area (Å²) in [6.07, 6.45) is -4.44. The maximum atomic E-state index is 12.9. The molecule has 31 heavy (non-hydrogen) atoms. The zero-order valence-electron chi connectivity index (χ0n) is 15.8. The molecule has 4 N–H and O–H groups in total. The highest BCUT2D eigenvalue weighted by Gasteiger charge is 2.30. The number of benzene rings is 2. The van der Waals surface area contributed by atoms with Gasteiger partial charge in [-0.1, -0.05) is 24.3 Å². The average molecular weight is 452 g/mol. The van der Waals surface area contributed by atoms with Crippen LogP contribution in [0.5, 0.6) is 0 Å².